The topological polar surface area (TPSA) is 35.8 Å². The Hall–Kier alpha value is -2.12. The molecule has 2 aromatic carbocycles. The third-order valence-corrected chi connectivity index (χ3v) is 2.66. The Kier molecular flexibility index (Phi) is 3.45. The summed E-state index contributed by atoms with van der Waals surface area (Å²) in [4.78, 5) is 0. The maximum Gasteiger partial charge on any atom is 0.149 e. The predicted molar refractivity (Wildman–Crippen MR) is 65.8 cm³/mol. The lowest BCUT2D eigenvalue weighted by Crippen LogP contribution is -1.99. The minimum absolute atomic E-state index is 0.141. The van der Waals surface area contributed by atoms with E-state index in [2.05, 4.69) is 5.32 Å². The first-order chi connectivity index (χ1) is 8.63. The number of rotatable bonds is 2. The van der Waals surface area contributed by atoms with Gasteiger partial charge in [0.15, 0.2) is 0 Å². The summed E-state index contributed by atoms with van der Waals surface area (Å²) < 4.78 is 26.9. The second-order valence-corrected chi connectivity index (χ2v) is 3.90. The van der Waals surface area contributed by atoms with E-state index in [1.54, 1.807) is 6.07 Å². The first-order valence-electron chi connectivity index (χ1n) is 5.03. The molecule has 0 aromatic heterocycles. The standard InChI is InChI=1S/C13H7ClF2N2/c14-9-3-1-6-12(8(9)7-17)18-13-10(15)4-2-5-11(13)16/h1-6,18H. The van der Waals surface area contributed by atoms with Gasteiger partial charge in [0.2, 0.25) is 0 Å². The second-order valence-electron chi connectivity index (χ2n) is 3.50. The van der Waals surface area contributed by atoms with Crippen LogP contribution in [0.4, 0.5) is 20.2 Å². The molecule has 90 valence electrons. The average molecular weight is 265 g/mol. The maximum absolute atomic E-state index is 13.5. The largest absolute Gasteiger partial charge is 0.350 e. The highest BCUT2D eigenvalue weighted by Gasteiger charge is 2.12. The Morgan fingerprint density at radius 1 is 1.06 bits per heavy atom. The number of nitriles is 1. The van der Waals surface area contributed by atoms with Gasteiger partial charge in [0, 0.05) is 0 Å². The fraction of sp³-hybridized carbons (Fsp3) is 0. The molecule has 0 saturated heterocycles. The van der Waals surface area contributed by atoms with E-state index in [9.17, 15) is 8.78 Å². The number of hydrogen-bond donors (Lipinski definition) is 1. The van der Waals surface area contributed by atoms with Crippen molar-refractivity contribution >= 4 is 23.0 Å². The smallest absolute Gasteiger partial charge is 0.149 e. The number of para-hydroxylation sites is 1. The summed E-state index contributed by atoms with van der Waals surface area (Å²) >= 11 is 5.83. The highest BCUT2D eigenvalue weighted by molar-refractivity contribution is 6.32. The van der Waals surface area contributed by atoms with Crippen LogP contribution in [0.5, 0.6) is 0 Å². The predicted octanol–water partition coefficient (Wildman–Crippen LogP) is 4.23. The van der Waals surface area contributed by atoms with Gasteiger partial charge in [-0.1, -0.05) is 23.7 Å². The molecule has 2 nitrogen and oxygen atoms in total. The van der Waals surface area contributed by atoms with Crippen LogP contribution in [0.3, 0.4) is 0 Å². The van der Waals surface area contributed by atoms with Crippen LogP contribution < -0.4 is 5.32 Å². The van der Waals surface area contributed by atoms with Crippen LogP contribution in [0, 0.1) is 23.0 Å². The Labute approximate surface area is 107 Å². The van der Waals surface area contributed by atoms with Crippen molar-refractivity contribution in [1.29, 1.82) is 5.26 Å². The molecular formula is C13H7ClF2N2. The van der Waals surface area contributed by atoms with Crippen molar-refractivity contribution in [3.63, 3.8) is 0 Å². The number of halogens is 3. The van der Waals surface area contributed by atoms with Crippen molar-refractivity contribution in [1.82, 2.24) is 0 Å². The van der Waals surface area contributed by atoms with Crippen LogP contribution in [0.15, 0.2) is 36.4 Å². The van der Waals surface area contributed by atoms with Gasteiger partial charge in [0.05, 0.1) is 16.3 Å². The van der Waals surface area contributed by atoms with Crippen LogP contribution in [-0.2, 0) is 0 Å². The average Bonchev–Trinajstić information content (AvgIpc) is 2.34. The Morgan fingerprint density at radius 2 is 1.67 bits per heavy atom. The van der Waals surface area contributed by atoms with Gasteiger partial charge in [-0.2, -0.15) is 5.26 Å². The molecule has 0 atom stereocenters. The third kappa shape index (κ3) is 2.27. The summed E-state index contributed by atoms with van der Waals surface area (Å²) in [7, 11) is 0. The zero-order chi connectivity index (χ0) is 13.1. The van der Waals surface area contributed by atoms with E-state index in [1.807, 2.05) is 6.07 Å². The van der Waals surface area contributed by atoms with Crippen LogP contribution in [0.2, 0.25) is 5.02 Å². The first kappa shape index (κ1) is 12.3. The molecule has 0 aliphatic carbocycles. The Bertz CT molecular complexity index is 615. The minimum atomic E-state index is -0.737. The number of nitrogens with one attached hydrogen (secondary N) is 1. The van der Waals surface area contributed by atoms with Crippen molar-refractivity contribution in [3.05, 3.63) is 58.6 Å². The van der Waals surface area contributed by atoms with E-state index < -0.39 is 11.6 Å². The molecule has 0 bridgehead atoms. The van der Waals surface area contributed by atoms with Crippen LogP contribution in [0.1, 0.15) is 5.56 Å². The van der Waals surface area contributed by atoms with E-state index in [-0.39, 0.29) is 22.0 Å². The molecule has 1 N–H and O–H groups in total. The van der Waals surface area contributed by atoms with Gasteiger partial charge >= 0.3 is 0 Å². The molecule has 0 spiro atoms. The number of hydrogen-bond acceptors (Lipinski definition) is 2. The van der Waals surface area contributed by atoms with Gasteiger partial charge in [0.1, 0.15) is 23.4 Å². The van der Waals surface area contributed by atoms with Crippen molar-refractivity contribution in [2.45, 2.75) is 0 Å². The van der Waals surface area contributed by atoms with Gasteiger partial charge in [0.25, 0.3) is 0 Å². The summed E-state index contributed by atoms with van der Waals surface area (Å²) in [5, 5.41) is 11.7. The fourth-order valence-electron chi connectivity index (χ4n) is 1.49. The summed E-state index contributed by atoms with van der Waals surface area (Å²) in [6, 6.07) is 10.0. The normalized spacial score (nSPS) is 9.89. The minimum Gasteiger partial charge on any atom is -0.350 e. The van der Waals surface area contributed by atoms with E-state index in [0.29, 0.717) is 0 Å². The molecule has 0 fully saturated rings. The number of benzene rings is 2. The van der Waals surface area contributed by atoms with Crippen LogP contribution in [0.25, 0.3) is 0 Å². The van der Waals surface area contributed by atoms with E-state index in [1.165, 1.54) is 18.2 Å². The molecule has 2 aromatic rings. The quantitative estimate of drug-likeness (QED) is 0.881. The molecule has 18 heavy (non-hydrogen) atoms. The van der Waals surface area contributed by atoms with Gasteiger partial charge in [-0.3, -0.25) is 0 Å². The number of nitrogens with zero attached hydrogens (tertiary/aromatic N) is 1. The Balaban J connectivity index is 2.48. The van der Waals surface area contributed by atoms with Gasteiger partial charge in [-0.25, -0.2) is 8.78 Å². The molecule has 5 heteroatoms. The lowest BCUT2D eigenvalue weighted by Gasteiger charge is -2.10. The van der Waals surface area contributed by atoms with Crippen molar-refractivity contribution in [3.8, 4) is 6.07 Å². The zero-order valence-electron chi connectivity index (χ0n) is 9.05. The van der Waals surface area contributed by atoms with Gasteiger partial charge < -0.3 is 5.32 Å². The lowest BCUT2D eigenvalue weighted by atomic mass is 10.2. The van der Waals surface area contributed by atoms with Gasteiger partial charge in [-0.15, -0.1) is 0 Å². The van der Waals surface area contributed by atoms with E-state index in [4.69, 9.17) is 16.9 Å². The molecule has 2 rings (SSSR count). The van der Waals surface area contributed by atoms with Gasteiger partial charge in [-0.05, 0) is 24.3 Å². The van der Waals surface area contributed by atoms with Crippen LogP contribution in [-0.4, -0.2) is 0 Å². The summed E-state index contributed by atoms with van der Waals surface area (Å²) in [6.45, 7) is 0. The summed E-state index contributed by atoms with van der Waals surface area (Å²) in [5.74, 6) is -1.47. The maximum atomic E-state index is 13.5. The fourth-order valence-corrected chi connectivity index (χ4v) is 1.71. The highest BCUT2D eigenvalue weighted by atomic mass is 35.5. The molecular weight excluding hydrogens is 258 g/mol. The number of anilines is 2. The molecule has 0 unspecified atom stereocenters. The second kappa shape index (κ2) is 5.03. The summed E-state index contributed by atoms with van der Waals surface area (Å²) in [5.41, 5.74) is 0.0899. The molecule has 0 amide bonds. The molecule has 0 radical (unpaired) electrons. The zero-order valence-corrected chi connectivity index (χ0v) is 9.80. The molecule has 0 aliphatic heterocycles. The first-order valence-corrected chi connectivity index (χ1v) is 5.41. The SMILES string of the molecule is N#Cc1c(Cl)cccc1Nc1c(F)cccc1F. The molecule has 0 aliphatic rings. The monoisotopic (exact) mass is 264 g/mol. The van der Waals surface area contributed by atoms with Crippen molar-refractivity contribution in [2.24, 2.45) is 0 Å². The third-order valence-electron chi connectivity index (χ3n) is 2.35. The highest BCUT2D eigenvalue weighted by Crippen LogP contribution is 2.28. The van der Waals surface area contributed by atoms with Crippen molar-refractivity contribution < 1.29 is 8.78 Å². The van der Waals surface area contributed by atoms with Crippen molar-refractivity contribution in [2.75, 3.05) is 5.32 Å². The molecule has 0 saturated carbocycles. The van der Waals surface area contributed by atoms with E-state index in [0.717, 1.165) is 12.1 Å². The van der Waals surface area contributed by atoms with Crippen LogP contribution >= 0.6 is 11.6 Å². The summed E-state index contributed by atoms with van der Waals surface area (Å²) in [6.07, 6.45) is 0. The molecule has 0 heterocycles. The lowest BCUT2D eigenvalue weighted by molar-refractivity contribution is 0.591. The Morgan fingerprint density at radius 3 is 2.28 bits per heavy atom. The van der Waals surface area contributed by atoms with E-state index >= 15 is 0 Å².